The second-order valence-electron chi connectivity index (χ2n) is 5.92. The molecule has 0 aliphatic rings. The molecular weight excluding hydrogens is 328 g/mol. The number of rotatable bonds is 6. The first kappa shape index (κ1) is 17.4. The molecule has 0 saturated carbocycles. The molecule has 1 amide bonds. The van der Waals surface area contributed by atoms with E-state index < -0.39 is 11.5 Å². The van der Waals surface area contributed by atoms with Crippen LogP contribution in [-0.4, -0.2) is 22.9 Å². The highest BCUT2D eigenvalue weighted by Gasteiger charge is 2.13. The average molecular weight is 348 g/mol. The molecule has 0 aliphatic heterocycles. The van der Waals surface area contributed by atoms with Gasteiger partial charge >= 0.3 is 0 Å². The number of H-pyrrole nitrogens is 1. The van der Waals surface area contributed by atoms with Gasteiger partial charge in [-0.05, 0) is 23.8 Å². The van der Waals surface area contributed by atoms with Crippen LogP contribution in [-0.2, 0) is 13.1 Å². The number of aromatic nitrogens is 2. The highest BCUT2D eigenvalue weighted by Crippen LogP contribution is 2.18. The van der Waals surface area contributed by atoms with E-state index in [9.17, 15) is 9.59 Å². The third-order valence-corrected chi connectivity index (χ3v) is 3.99. The van der Waals surface area contributed by atoms with Crippen LogP contribution in [0.1, 0.15) is 21.5 Å². The predicted molar refractivity (Wildman–Crippen MR) is 101 cm³/mol. The summed E-state index contributed by atoms with van der Waals surface area (Å²) >= 11 is 0. The molecule has 6 nitrogen and oxygen atoms in total. The summed E-state index contributed by atoms with van der Waals surface area (Å²) in [4.78, 5) is 32.9. The van der Waals surface area contributed by atoms with Crippen LogP contribution in [0.2, 0.25) is 0 Å². The normalized spacial score (nSPS) is 10.3. The number of amides is 1. The maximum Gasteiger partial charge on any atom is 0.260 e. The molecule has 0 spiro atoms. The van der Waals surface area contributed by atoms with Crippen molar-refractivity contribution < 1.29 is 4.79 Å². The van der Waals surface area contributed by atoms with Crippen LogP contribution in [0.5, 0.6) is 0 Å². The number of nitrogens with zero attached hydrogens (tertiary/aromatic N) is 2. The SMILES string of the molecule is CN(Cc1ccccc1)c1ncccc1CNC(=O)c1ccc[nH]c1=O. The highest BCUT2D eigenvalue weighted by atomic mass is 16.2. The number of nitrogens with one attached hydrogen (secondary N) is 2. The van der Waals surface area contributed by atoms with E-state index in [2.05, 4.69) is 27.4 Å². The molecule has 0 saturated heterocycles. The number of aromatic amines is 1. The van der Waals surface area contributed by atoms with Crippen LogP contribution in [0.3, 0.4) is 0 Å². The Morgan fingerprint density at radius 2 is 1.92 bits per heavy atom. The van der Waals surface area contributed by atoms with Crippen molar-refractivity contribution in [2.75, 3.05) is 11.9 Å². The maximum atomic E-state index is 12.2. The fourth-order valence-corrected chi connectivity index (χ4v) is 2.72. The van der Waals surface area contributed by atoms with Gasteiger partial charge in [0, 0.05) is 38.1 Å². The van der Waals surface area contributed by atoms with Crippen molar-refractivity contribution in [3.05, 3.63) is 94.0 Å². The number of hydrogen-bond donors (Lipinski definition) is 2. The van der Waals surface area contributed by atoms with Crippen molar-refractivity contribution in [1.29, 1.82) is 0 Å². The summed E-state index contributed by atoms with van der Waals surface area (Å²) in [5, 5.41) is 2.79. The van der Waals surface area contributed by atoms with Crippen LogP contribution in [0.25, 0.3) is 0 Å². The number of carbonyl (C=O) groups is 1. The van der Waals surface area contributed by atoms with E-state index in [4.69, 9.17) is 0 Å². The lowest BCUT2D eigenvalue weighted by Gasteiger charge is -2.21. The number of carbonyl (C=O) groups excluding carboxylic acids is 1. The summed E-state index contributed by atoms with van der Waals surface area (Å²) in [6, 6.07) is 17.0. The smallest absolute Gasteiger partial charge is 0.260 e. The first-order valence-corrected chi connectivity index (χ1v) is 8.30. The van der Waals surface area contributed by atoms with E-state index in [1.165, 1.54) is 17.8 Å². The molecule has 2 heterocycles. The Morgan fingerprint density at radius 1 is 1.12 bits per heavy atom. The molecule has 2 N–H and O–H groups in total. The Labute approximate surface area is 151 Å². The number of pyridine rings is 2. The van der Waals surface area contributed by atoms with Crippen molar-refractivity contribution in [2.24, 2.45) is 0 Å². The fraction of sp³-hybridized carbons (Fsp3) is 0.150. The van der Waals surface area contributed by atoms with E-state index >= 15 is 0 Å². The van der Waals surface area contributed by atoms with Gasteiger partial charge < -0.3 is 15.2 Å². The fourth-order valence-electron chi connectivity index (χ4n) is 2.72. The largest absolute Gasteiger partial charge is 0.355 e. The van der Waals surface area contributed by atoms with E-state index in [0.717, 1.165) is 11.4 Å². The Bertz CT molecular complexity index is 938. The zero-order chi connectivity index (χ0) is 18.4. The summed E-state index contributed by atoms with van der Waals surface area (Å²) in [5.41, 5.74) is 1.74. The summed E-state index contributed by atoms with van der Waals surface area (Å²) < 4.78 is 0. The molecule has 3 rings (SSSR count). The quantitative estimate of drug-likeness (QED) is 0.717. The highest BCUT2D eigenvalue weighted by molar-refractivity contribution is 5.93. The average Bonchev–Trinajstić information content (AvgIpc) is 2.67. The van der Waals surface area contributed by atoms with Gasteiger partial charge in [-0.1, -0.05) is 36.4 Å². The molecule has 2 aromatic heterocycles. The molecule has 0 radical (unpaired) electrons. The lowest BCUT2D eigenvalue weighted by atomic mass is 10.2. The molecule has 132 valence electrons. The summed E-state index contributed by atoms with van der Waals surface area (Å²) in [7, 11) is 1.96. The Morgan fingerprint density at radius 3 is 2.69 bits per heavy atom. The lowest BCUT2D eigenvalue weighted by molar-refractivity contribution is 0.0949. The van der Waals surface area contributed by atoms with Crippen molar-refractivity contribution in [1.82, 2.24) is 15.3 Å². The molecule has 0 aliphatic carbocycles. The van der Waals surface area contributed by atoms with Gasteiger partial charge in [-0.15, -0.1) is 0 Å². The molecule has 3 aromatic rings. The standard InChI is InChI=1S/C20H20N4O2/c1-24(14-15-7-3-2-4-8-15)18-16(9-5-11-21-18)13-23-20(26)17-10-6-12-22-19(17)25/h2-12H,13-14H2,1H3,(H,22,25)(H,23,26). The molecule has 0 bridgehead atoms. The third-order valence-electron chi connectivity index (χ3n) is 3.99. The molecule has 6 heteroatoms. The molecular formula is C20H20N4O2. The van der Waals surface area contributed by atoms with Gasteiger partial charge in [0.2, 0.25) is 0 Å². The van der Waals surface area contributed by atoms with E-state index in [1.807, 2.05) is 42.3 Å². The van der Waals surface area contributed by atoms with Crippen LogP contribution >= 0.6 is 0 Å². The molecule has 26 heavy (non-hydrogen) atoms. The van der Waals surface area contributed by atoms with Gasteiger partial charge in [-0.2, -0.15) is 0 Å². The minimum absolute atomic E-state index is 0.0931. The van der Waals surface area contributed by atoms with Crippen LogP contribution in [0, 0.1) is 0 Å². The second-order valence-corrected chi connectivity index (χ2v) is 5.92. The summed E-state index contributed by atoms with van der Waals surface area (Å²) in [5.74, 6) is 0.381. The van der Waals surface area contributed by atoms with Crippen LogP contribution in [0.15, 0.2) is 71.8 Å². The molecule has 0 atom stereocenters. The van der Waals surface area contributed by atoms with Gasteiger partial charge in [0.25, 0.3) is 11.5 Å². The van der Waals surface area contributed by atoms with Gasteiger partial charge in [-0.25, -0.2) is 4.98 Å². The number of hydrogen-bond acceptors (Lipinski definition) is 4. The second kappa shape index (κ2) is 8.11. The van der Waals surface area contributed by atoms with Crippen molar-refractivity contribution in [3.63, 3.8) is 0 Å². The van der Waals surface area contributed by atoms with Crippen molar-refractivity contribution in [3.8, 4) is 0 Å². The number of benzene rings is 1. The van der Waals surface area contributed by atoms with Gasteiger partial charge in [0.05, 0.1) is 0 Å². The van der Waals surface area contributed by atoms with Gasteiger partial charge in [-0.3, -0.25) is 9.59 Å². The van der Waals surface area contributed by atoms with Crippen molar-refractivity contribution in [2.45, 2.75) is 13.1 Å². The van der Waals surface area contributed by atoms with E-state index in [0.29, 0.717) is 6.54 Å². The summed E-state index contributed by atoms with van der Waals surface area (Å²) in [6.45, 7) is 0.993. The summed E-state index contributed by atoms with van der Waals surface area (Å²) in [6.07, 6.45) is 3.22. The Balaban J connectivity index is 1.72. The first-order valence-electron chi connectivity index (χ1n) is 8.30. The molecule has 1 aromatic carbocycles. The zero-order valence-corrected chi connectivity index (χ0v) is 14.5. The van der Waals surface area contributed by atoms with Crippen molar-refractivity contribution >= 4 is 11.7 Å². The van der Waals surface area contributed by atoms with Gasteiger partial charge in [0.15, 0.2) is 0 Å². The topological polar surface area (TPSA) is 78.1 Å². The predicted octanol–water partition coefficient (Wildman–Crippen LogP) is 2.34. The Kier molecular flexibility index (Phi) is 5.43. The molecule has 0 fully saturated rings. The maximum absolute atomic E-state index is 12.2. The Hall–Kier alpha value is -3.41. The van der Waals surface area contributed by atoms with Crippen LogP contribution in [0.4, 0.5) is 5.82 Å². The van der Waals surface area contributed by atoms with Gasteiger partial charge in [0.1, 0.15) is 11.4 Å². The third kappa shape index (κ3) is 4.16. The monoisotopic (exact) mass is 348 g/mol. The minimum Gasteiger partial charge on any atom is -0.355 e. The van der Waals surface area contributed by atoms with Crippen LogP contribution < -0.4 is 15.8 Å². The lowest BCUT2D eigenvalue weighted by Crippen LogP contribution is -2.30. The molecule has 0 unspecified atom stereocenters. The first-order chi connectivity index (χ1) is 12.6. The number of anilines is 1. The zero-order valence-electron chi connectivity index (χ0n) is 14.5. The van der Waals surface area contributed by atoms with E-state index in [1.54, 1.807) is 12.3 Å². The minimum atomic E-state index is -0.410. The van der Waals surface area contributed by atoms with E-state index in [-0.39, 0.29) is 12.1 Å².